The van der Waals surface area contributed by atoms with Gasteiger partial charge in [0, 0.05) is 22.8 Å². The lowest BCUT2D eigenvalue weighted by atomic mass is 10.1. The number of para-hydroxylation sites is 1. The predicted molar refractivity (Wildman–Crippen MR) is 111 cm³/mol. The smallest absolute Gasteiger partial charge is 0.273 e. The highest BCUT2D eigenvalue weighted by Gasteiger charge is 2.25. The van der Waals surface area contributed by atoms with Crippen LogP contribution in [-0.4, -0.2) is 20.1 Å². The van der Waals surface area contributed by atoms with Gasteiger partial charge in [-0.3, -0.25) is 14.3 Å². The van der Waals surface area contributed by atoms with E-state index < -0.39 is 6.04 Å². The largest absolute Gasteiger partial charge is 0.324 e. The summed E-state index contributed by atoms with van der Waals surface area (Å²) >= 11 is 0. The Labute approximate surface area is 166 Å². The molecular formula is C22H21FN4O2. The summed E-state index contributed by atoms with van der Waals surface area (Å²) in [5.74, 6) is -0.566. The van der Waals surface area contributed by atoms with Gasteiger partial charge >= 0.3 is 0 Å². The Kier molecular flexibility index (Phi) is 4.66. The number of nitrogens with zero attached hydrogens (tertiary/aromatic N) is 3. The van der Waals surface area contributed by atoms with Crippen molar-refractivity contribution < 1.29 is 9.18 Å². The highest BCUT2D eigenvalue weighted by Crippen LogP contribution is 2.27. The van der Waals surface area contributed by atoms with Crippen LogP contribution in [0, 0.1) is 19.7 Å². The number of anilines is 1. The van der Waals surface area contributed by atoms with Crippen molar-refractivity contribution in [3.63, 3.8) is 0 Å². The van der Waals surface area contributed by atoms with Gasteiger partial charge in [-0.1, -0.05) is 19.1 Å². The van der Waals surface area contributed by atoms with E-state index in [1.165, 1.54) is 18.2 Å². The van der Waals surface area contributed by atoms with E-state index in [1.54, 1.807) is 13.0 Å². The van der Waals surface area contributed by atoms with E-state index in [0.29, 0.717) is 29.0 Å². The summed E-state index contributed by atoms with van der Waals surface area (Å²) in [5.41, 5.74) is 2.93. The molecule has 29 heavy (non-hydrogen) atoms. The Morgan fingerprint density at radius 1 is 1.17 bits per heavy atom. The molecule has 2 aromatic carbocycles. The summed E-state index contributed by atoms with van der Waals surface area (Å²) in [6.45, 7) is 5.49. The lowest BCUT2D eigenvalue weighted by Gasteiger charge is -2.21. The fourth-order valence-electron chi connectivity index (χ4n) is 3.77. The number of benzene rings is 2. The number of fused-ring (bicyclic) bond motifs is 3. The minimum absolute atomic E-state index is 0.219. The third-order valence-corrected chi connectivity index (χ3v) is 5.12. The van der Waals surface area contributed by atoms with Crippen LogP contribution in [0.5, 0.6) is 0 Å². The first-order valence-corrected chi connectivity index (χ1v) is 9.47. The predicted octanol–water partition coefficient (Wildman–Crippen LogP) is 3.99. The first-order valence-electron chi connectivity index (χ1n) is 9.47. The van der Waals surface area contributed by atoms with Gasteiger partial charge < -0.3 is 5.32 Å². The van der Waals surface area contributed by atoms with Crippen LogP contribution in [0.3, 0.4) is 0 Å². The molecule has 0 saturated carbocycles. The molecule has 0 unspecified atom stereocenters. The van der Waals surface area contributed by atoms with Gasteiger partial charge in [-0.2, -0.15) is 4.98 Å². The topological polar surface area (TPSA) is 68.4 Å². The van der Waals surface area contributed by atoms with E-state index in [1.807, 2.05) is 47.3 Å². The third kappa shape index (κ3) is 3.18. The number of aromatic nitrogens is 3. The maximum Gasteiger partial charge on any atom is 0.273 e. The molecule has 0 aliphatic rings. The minimum Gasteiger partial charge on any atom is -0.324 e. The molecule has 0 radical (unpaired) electrons. The van der Waals surface area contributed by atoms with Crippen LogP contribution in [0.15, 0.2) is 53.3 Å². The van der Waals surface area contributed by atoms with Crippen LogP contribution in [0.2, 0.25) is 0 Å². The molecule has 1 atom stereocenters. The van der Waals surface area contributed by atoms with Crippen LogP contribution in [-0.2, 0) is 4.79 Å². The zero-order chi connectivity index (χ0) is 20.7. The normalized spacial score (nSPS) is 12.4. The number of aryl methyl sites for hydroxylation is 2. The number of carbonyl (C=O) groups excluding carboxylic acids is 1. The van der Waals surface area contributed by atoms with E-state index in [0.717, 1.165) is 10.9 Å². The highest BCUT2D eigenvalue weighted by molar-refractivity contribution is 5.98. The summed E-state index contributed by atoms with van der Waals surface area (Å²) in [4.78, 5) is 29.4. The standard InChI is InChI=1S/C22H21FN4O2/c1-4-18(22(29)24-17-10-9-15(23)11-13(17)2)27-19-8-6-5-7-16(19)21-25-20(28)12-14(3)26(21)27/h5-12,18H,4H2,1-3H3,(H,24,29)/t18-/m1/s1. The molecule has 1 amide bonds. The van der Waals surface area contributed by atoms with Crippen LogP contribution < -0.4 is 10.9 Å². The zero-order valence-electron chi connectivity index (χ0n) is 16.4. The molecule has 2 aromatic heterocycles. The molecule has 0 saturated heterocycles. The Balaban J connectivity index is 1.88. The van der Waals surface area contributed by atoms with Gasteiger partial charge in [0.15, 0.2) is 5.65 Å². The number of nitrogens with one attached hydrogen (secondary N) is 1. The fourth-order valence-corrected chi connectivity index (χ4v) is 3.77. The quantitative estimate of drug-likeness (QED) is 0.571. The van der Waals surface area contributed by atoms with Crippen LogP contribution in [0.1, 0.15) is 30.6 Å². The van der Waals surface area contributed by atoms with Crippen molar-refractivity contribution in [1.29, 1.82) is 0 Å². The summed E-state index contributed by atoms with van der Waals surface area (Å²) in [6.07, 6.45) is 0.519. The van der Waals surface area contributed by atoms with Crippen LogP contribution in [0.25, 0.3) is 16.6 Å². The monoisotopic (exact) mass is 392 g/mol. The van der Waals surface area contributed by atoms with Crippen LogP contribution >= 0.6 is 0 Å². The van der Waals surface area contributed by atoms with E-state index in [9.17, 15) is 14.0 Å². The number of hydrogen-bond donors (Lipinski definition) is 1. The van der Waals surface area contributed by atoms with E-state index in [4.69, 9.17) is 0 Å². The first-order chi connectivity index (χ1) is 13.9. The maximum atomic E-state index is 13.4. The molecule has 7 heteroatoms. The van der Waals surface area contributed by atoms with Crippen molar-refractivity contribution >= 4 is 28.1 Å². The van der Waals surface area contributed by atoms with Gasteiger partial charge in [0.25, 0.3) is 5.56 Å². The fraction of sp³-hybridized carbons (Fsp3) is 0.227. The molecule has 4 rings (SSSR count). The molecule has 0 aliphatic heterocycles. The van der Waals surface area contributed by atoms with Gasteiger partial charge in [0.2, 0.25) is 5.91 Å². The summed E-state index contributed by atoms with van der Waals surface area (Å²) in [5, 5.41) is 3.72. The molecule has 4 aromatic rings. The molecule has 0 spiro atoms. The Bertz CT molecular complexity index is 1310. The summed E-state index contributed by atoms with van der Waals surface area (Å²) < 4.78 is 17.1. The first kappa shape index (κ1) is 18.9. The SMILES string of the molecule is CC[C@H](C(=O)Nc1ccc(F)cc1C)n1c2ccccc2c2nc(=O)cc(C)n21. The van der Waals surface area contributed by atoms with Crippen molar-refractivity contribution in [3.05, 3.63) is 76.0 Å². The second-order valence-corrected chi connectivity index (χ2v) is 7.11. The molecule has 0 fully saturated rings. The average molecular weight is 392 g/mol. The third-order valence-electron chi connectivity index (χ3n) is 5.12. The Morgan fingerprint density at radius 3 is 2.66 bits per heavy atom. The van der Waals surface area contributed by atoms with Crippen molar-refractivity contribution in [2.24, 2.45) is 0 Å². The second kappa shape index (κ2) is 7.16. The van der Waals surface area contributed by atoms with Gasteiger partial charge in [0.1, 0.15) is 11.9 Å². The molecular weight excluding hydrogens is 371 g/mol. The number of amides is 1. The molecule has 148 valence electrons. The van der Waals surface area contributed by atoms with E-state index in [-0.39, 0.29) is 17.3 Å². The van der Waals surface area contributed by atoms with Crippen molar-refractivity contribution in [2.75, 3.05) is 5.32 Å². The molecule has 2 heterocycles. The Hall–Kier alpha value is -3.48. The minimum atomic E-state index is -0.551. The van der Waals surface area contributed by atoms with E-state index >= 15 is 0 Å². The summed E-state index contributed by atoms with van der Waals surface area (Å²) in [7, 11) is 0. The lowest BCUT2D eigenvalue weighted by Crippen LogP contribution is -2.29. The zero-order valence-corrected chi connectivity index (χ0v) is 16.4. The van der Waals surface area contributed by atoms with Gasteiger partial charge in [-0.25, -0.2) is 8.91 Å². The maximum absolute atomic E-state index is 13.4. The summed E-state index contributed by atoms with van der Waals surface area (Å²) in [6, 6.07) is 12.7. The lowest BCUT2D eigenvalue weighted by molar-refractivity contribution is -0.119. The molecule has 0 bridgehead atoms. The number of hydrogen-bond acceptors (Lipinski definition) is 3. The molecule has 0 aliphatic carbocycles. The molecule has 6 nitrogen and oxygen atoms in total. The van der Waals surface area contributed by atoms with Gasteiger partial charge in [-0.05, 0) is 56.2 Å². The Morgan fingerprint density at radius 2 is 1.93 bits per heavy atom. The van der Waals surface area contributed by atoms with Crippen molar-refractivity contribution in [1.82, 2.24) is 14.2 Å². The van der Waals surface area contributed by atoms with Crippen molar-refractivity contribution in [3.8, 4) is 0 Å². The van der Waals surface area contributed by atoms with Crippen LogP contribution in [0.4, 0.5) is 10.1 Å². The highest BCUT2D eigenvalue weighted by atomic mass is 19.1. The number of halogens is 1. The average Bonchev–Trinajstić information content (AvgIpc) is 3.00. The van der Waals surface area contributed by atoms with E-state index in [2.05, 4.69) is 10.3 Å². The van der Waals surface area contributed by atoms with Crippen molar-refractivity contribution in [2.45, 2.75) is 33.2 Å². The molecule has 1 N–H and O–H groups in total. The second-order valence-electron chi connectivity index (χ2n) is 7.11. The van der Waals surface area contributed by atoms with Gasteiger partial charge in [0.05, 0.1) is 5.52 Å². The van der Waals surface area contributed by atoms with Gasteiger partial charge in [-0.15, -0.1) is 0 Å². The number of carbonyl (C=O) groups is 1. The number of rotatable bonds is 4.